The van der Waals surface area contributed by atoms with Crippen LogP contribution in [0.2, 0.25) is 0 Å². The van der Waals surface area contributed by atoms with Crippen LogP contribution >= 0.6 is 11.3 Å². The van der Waals surface area contributed by atoms with Crippen molar-refractivity contribution in [1.29, 1.82) is 0 Å². The Morgan fingerprint density at radius 1 is 1.71 bits per heavy atom. The third kappa shape index (κ3) is 3.08. The maximum atomic E-state index is 10.4. The second-order valence-corrected chi connectivity index (χ2v) is 4.13. The standard InChI is InChI=1S/C9H14N2O2S/c1-3-7(2)10-5-8-4-9(11(12)13)14-6-8/h4,6-7,10H,3,5H2,1-2H3. The third-order valence-corrected chi connectivity index (χ3v) is 3.02. The van der Waals surface area contributed by atoms with Gasteiger partial charge < -0.3 is 5.32 Å². The molecule has 0 aliphatic carbocycles. The molecular formula is C9H14N2O2S. The molecule has 1 atom stereocenters. The van der Waals surface area contributed by atoms with Crippen molar-refractivity contribution in [3.05, 3.63) is 27.1 Å². The maximum absolute atomic E-state index is 10.4. The number of hydrogen-bond acceptors (Lipinski definition) is 4. The Hall–Kier alpha value is -0.940. The first-order valence-corrected chi connectivity index (χ1v) is 5.46. The Bertz CT molecular complexity index is 312. The van der Waals surface area contributed by atoms with Crippen LogP contribution in [-0.4, -0.2) is 11.0 Å². The lowest BCUT2D eigenvalue weighted by molar-refractivity contribution is -0.380. The molecule has 1 rings (SSSR count). The fourth-order valence-electron chi connectivity index (χ4n) is 0.988. The lowest BCUT2D eigenvalue weighted by Gasteiger charge is -2.09. The van der Waals surface area contributed by atoms with E-state index in [1.54, 1.807) is 6.07 Å². The van der Waals surface area contributed by atoms with E-state index in [2.05, 4.69) is 19.2 Å². The van der Waals surface area contributed by atoms with Crippen LogP contribution in [0.4, 0.5) is 5.00 Å². The van der Waals surface area contributed by atoms with Gasteiger partial charge in [-0.2, -0.15) is 0 Å². The summed E-state index contributed by atoms with van der Waals surface area (Å²) in [7, 11) is 0. The molecule has 1 N–H and O–H groups in total. The lowest BCUT2D eigenvalue weighted by Crippen LogP contribution is -2.24. The Kier molecular flexibility index (Phi) is 4.03. The van der Waals surface area contributed by atoms with Crippen LogP contribution in [0.5, 0.6) is 0 Å². The van der Waals surface area contributed by atoms with E-state index < -0.39 is 0 Å². The summed E-state index contributed by atoms with van der Waals surface area (Å²) in [5, 5.41) is 15.7. The molecule has 0 amide bonds. The SMILES string of the molecule is CCC(C)NCc1csc([N+](=O)[O-])c1. The zero-order valence-electron chi connectivity index (χ0n) is 8.32. The van der Waals surface area contributed by atoms with Crippen molar-refractivity contribution < 1.29 is 4.92 Å². The highest BCUT2D eigenvalue weighted by Crippen LogP contribution is 2.22. The van der Waals surface area contributed by atoms with E-state index in [0.29, 0.717) is 12.6 Å². The van der Waals surface area contributed by atoms with Crippen molar-refractivity contribution in [2.24, 2.45) is 0 Å². The van der Waals surface area contributed by atoms with Gasteiger partial charge in [-0.25, -0.2) is 0 Å². The Labute approximate surface area is 87.1 Å². The molecule has 0 spiro atoms. The summed E-state index contributed by atoms with van der Waals surface area (Å²) in [5.41, 5.74) is 0.988. The van der Waals surface area contributed by atoms with Gasteiger partial charge in [-0.1, -0.05) is 18.3 Å². The van der Waals surface area contributed by atoms with Crippen LogP contribution in [0.3, 0.4) is 0 Å². The average molecular weight is 214 g/mol. The van der Waals surface area contributed by atoms with E-state index in [9.17, 15) is 10.1 Å². The molecule has 14 heavy (non-hydrogen) atoms. The predicted octanol–water partition coefficient (Wildman–Crippen LogP) is 2.54. The van der Waals surface area contributed by atoms with Crippen LogP contribution in [0.25, 0.3) is 0 Å². The van der Waals surface area contributed by atoms with Gasteiger partial charge in [0.2, 0.25) is 0 Å². The molecule has 0 radical (unpaired) electrons. The largest absolute Gasteiger partial charge is 0.324 e. The Balaban J connectivity index is 2.48. The molecule has 1 unspecified atom stereocenters. The summed E-state index contributed by atoms with van der Waals surface area (Å²) in [4.78, 5) is 10.1. The van der Waals surface area contributed by atoms with Gasteiger partial charge in [0.1, 0.15) is 0 Å². The molecule has 4 nitrogen and oxygen atoms in total. The first kappa shape index (κ1) is 11.1. The van der Waals surface area contributed by atoms with Crippen molar-refractivity contribution in [2.45, 2.75) is 32.9 Å². The molecule has 0 fully saturated rings. The molecule has 78 valence electrons. The van der Waals surface area contributed by atoms with Gasteiger partial charge in [0, 0.05) is 24.0 Å². The van der Waals surface area contributed by atoms with Crippen molar-refractivity contribution in [2.75, 3.05) is 0 Å². The molecule has 1 aromatic rings. The van der Waals surface area contributed by atoms with Crippen molar-refractivity contribution in [1.82, 2.24) is 5.32 Å². The van der Waals surface area contributed by atoms with E-state index in [1.165, 1.54) is 11.3 Å². The zero-order valence-corrected chi connectivity index (χ0v) is 9.13. The smallest absolute Gasteiger partial charge is 0.310 e. The molecule has 0 bridgehead atoms. The summed E-state index contributed by atoms with van der Waals surface area (Å²) >= 11 is 1.18. The highest BCUT2D eigenvalue weighted by atomic mass is 32.1. The van der Waals surface area contributed by atoms with Gasteiger partial charge in [0.25, 0.3) is 0 Å². The van der Waals surface area contributed by atoms with Crippen LogP contribution in [0.15, 0.2) is 11.4 Å². The first-order valence-electron chi connectivity index (χ1n) is 4.58. The summed E-state index contributed by atoms with van der Waals surface area (Å²) in [6, 6.07) is 2.08. The summed E-state index contributed by atoms with van der Waals surface area (Å²) in [5.74, 6) is 0. The third-order valence-electron chi connectivity index (χ3n) is 2.09. The topological polar surface area (TPSA) is 55.2 Å². The Morgan fingerprint density at radius 2 is 2.43 bits per heavy atom. The number of nitro groups is 1. The summed E-state index contributed by atoms with van der Waals surface area (Å²) in [6.45, 7) is 4.91. The second kappa shape index (κ2) is 5.07. The van der Waals surface area contributed by atoms with Crippen LogP contribution in [0, 0.1) is 10.1 Å². The lowest BCUT2D eigenvalue weighted by atomic mass is 10.2. The number of nitrogens with zero attached hydrogens (tertiary/aromatic N) is 1. The molecule has 0 aliphatic heterocycles. The van der Waals surface area contributed by atoms with E-state index in [4.69, 9.17) is 0 Å². The molecule has 1 aromatic heterocycles. The second-order valence-electron chi connectivity index (χ2n) is 3.24. The van der Waals surface area contributed by atoms with E-state index in [1.807, 2.05) is 5.38 Å². The van der Waals surface area contributed by atoms with Crippen molar-refractivity contribution >= 4 is 16.3 Å². The quantitative estimate of drug-likeness (QED) is 0.605. The summed E-state index contributed by atoms with van der Waals surface area (Å²) in [6.07, 6.45) is 1.06. The first-order chi connectivity index (χ1) is 6.63. The molecule has 0 aromatic carbocycles. The number of hydrogen-bond donors (Lipinski definition) is 1. The molecule has 0 aliphatic rings. The van der Waals surface area contributed by atoms with E-state index in [0.717, 1.165) is 12.0 Å². The van der Waals surface area contributed by atoms with Crippen LogP contribution < -0.4 is 5.32 Å². The fraction of sp³-hybridized carbons (Fsp3) is 0.556. The van der Waals surface area contributed by atoms with Gasteiger partial charge in [0.15, 0.2) is 0 Å². The summed E-state index contributed by atoms with van der Waals surface area (Å²) < 4.78 is 0. The highest BCUT2D eigenvalue weighted by Gasteiger charge is 2.09. The van der Waals surface area contributed by atoms with E-state index >= 15 is 0 Å². The molecule has 0 saturated heterocycles. The molecular weight excluding hydrogens is 200 g/mol. The molecule has 1 heterocycles. The van der Waals surface area contributed by atoms with Crippen LogP contribution in [-0.2, 0) is 6.54 Å². The Morgan fingerprint density at radius 3 is 2.93 bits per heavy atom. The zero-order chi connectivity index (χ0) is 10.6. The average Bonchev–Trinajstić information content (AvgIpc) is 2.62. The van der Waals surface area contributed by atoms with Gasteiger partial charge in [-0.05, 0) is 18.9 Å². The van der Waals surface area contributed by atoms with Crippen molar-refractivity contribution in [3.8, 4) is 0 Å². The predicted molar refractivity (Wildman–Crippen MR) is 57.6 cm³/mol. The number of rotatable bonds is 5. The van der Waals surface area contributed by atoms with Crippen molar-refractivity contribution in [3.63, 3.8) is 0 Å². The highest BCUT2D eigenvalue weighted by molar-refractivity contribution is 7.13. The van der Waals surface area contributed by atoms with E-state index in [-0.39, 0.29) is 9.92 Å². The van der Waals surface area contributed by atoms with Gasteiger partial charge >= 0.3 is 5.00 Å². The van der Waals surface area contributed by atoms with Gasteiger partial charge in [-0.15, -0.1) is 0 Å². The molecule has 0 saturated carbocycles. The number of nitrogens with one attached hydrogen (secondary N) is 1. The van der Waals surface area contributed by atoms with Gasteiger partial charge in [-0.3, -0.25) is 10.1 Å². The number of thiophene rings is 1. The van der Waals surface area contributed by atoms with Gasteiger partial charge in [0.05, 0.1) is 4.92 Å². The normalized spacial score (nSPS) is 12.7. The van der Waals surface area contributed by atoms with Crippen LogP contribution in [0.1, 0.15) is 25.8 Å². The minimum absolute atomic E-state index is 0.214. The monoisotopic (exact) mass is 214 g/mol. The minimum Gasteiger partial charge on any atom is -0.310 e. The fourth-order valence-corrected chi connectivity index (χ4v) is 1.72. The minimum atomic E-state index is -0.350. The maximum Gasteiger partial charge on any atom is 0.324 e. The molecule has 5 heteroatoms.